The maximum atomic E-state index is 12.6. The Hall–Kier alpha value is -2.11. The molecule has 1 atom stereocenters. The molecule has 1 aromatic heterocycles. The average Bonchev–Trinajstić information content (AvgIpc) is 2.47. The Bertz CT molecular complexity index is 542. The molecule has 0 aliphatic carbocycles. The molecule has 1 saturated heterocycles. The Morgan fingerprint density at radius 1 is 1.33 bits per heavy atom. The number of carbonyl (C=O) groups excluding carboxylic acids is 1. The number of carbonyl (C=O) groups is 2. The van der Waals surface area contributed by atoms with E-state index in [0.29, 0.717) is 18.5 Å². The molecule has 0 spiro atoms. The molecule has 2 heterocycles. The molecule has 1 aromatic rings. The molecule has 6 heteroatoms. The molecule has 114 valence electrons. The summed E-state index contributed by atoms with van der Waals surface area (Å²) in [5.74, 6) is -0.461. The average molecular weight is 291 g/mol. The Labute approximate surface area is 124 Å². The lowest BCUT2D eigenvalue weighted by Gasteiger charge is -2.41. The SMILES string of the molecule is CN(C)c1ccc(C(=O)N2CCCCC2(C)C(=O)O)cn1. The number of pyridine rings is 1. The van der Waals surface area contributed by atoms with Gasteiger partial charge in [0.2, 0.25) is 0 Å². The number of carboxylic acids is 1. The second-order valence-electron chi connectivity index (χ2n) is 5.79. The van der Waals surface area contributed by atoms with Gasteiger partial charge in [-0.25, -0.2) is 9.78 Å². The van der Waals surface area contributed by atoms with Crippen molar-refractivity contribution in [2.24, 2.45) is 0 Å². The fourth-order valence-corrected chi connectivity index (χ4v) is 2.60. The summed E-state index contributed by atoms with van der Waals surface area (Å²) in [6, 6.07) is 3.46. The highest BCUT2D eigenvalue weighted by Crippen LogP contribution is 2.29. The quantitative estimate of drug-likeness (QED) is 0.916. The number of amides is 1. The van der Waals surface area contributed by atoms with Crippen molar-refractivity contribution in [2.45, 2.75) is 31.7 Å². The molecule has 0 bridgehead atoms. The van der Waals surface area contributed by atoms with Gasteiger partial charge in [0.05, 0.1) is 5.56 Å². The second kappa shape index (κ2) is 5.71. The topological polar surface area (TPSA) is 73.7 Å². The first-order valence-electron chi connectivity index (χ1n) is 7.05. The molecule has 0 aromatic carbocycles. The fraction of sp³-hybridized carbons (Fsp3) is 0.533. The summed E-state index contributed by atoms with van der Waals surface area (Å²) in [6.45, 7) is 2.09. The number of rotatable bonds is 3. The number of carboxylic acid groups (broad SMARTS) is 1. The minimum absolute atomic E-state index is 0.266. The van der Waals surface area contributed by atoms with Crippen LogP contribution < -0.4 is 4.90 Å². The molecule has 1 unspecified atom stereocenters. The van der Waals surface area contributed by atoms with Crippen molar-refractivity contribution in [1.82, 2.24) is 9.88 Å². The van der Waals surface area contributed by atoms with Gasteiger partial charge in [0, 0.05) is 26.8 Å². The van der Waals surface area contributed by atoms with E-state index < -0.39 is 11.5 Å². The number of hydrogen-bond donors (Lipinski definition) is 1. The smallest absolute Gasteiger partial charge is 0.329 e. The van der Waals surface area contributed by atoms with Crippen molar-refractivity contribution in [3.63, 3.8) is 0 Å². The van der Waals surface area contributed by atoms with E-state index in [-0.39, 0.29) is 5.91 Å². The van der Waals surface area contributed by atoms with Crippen molar-refractivity contribution in [3.05, 3.63) is 23.9 Å². The number of hydrogen-bond acceptors (Lipinski definition) is 4. The van der Waals surface area contributed by atoms with Crippen LogP contribution in [0.4, 0.5) is 5.82 Å². The summed E-state index contributed by atoms with van der Waals surface area (Å²) >= 11 is 0. The van der Waals surface area contributed by atoms with Gasteiger partial charge in [-0.05, 0) is 38.3 Å². The Balaban J connectivity index is 2.27. The number of aromatic nitrogens is 1. The number of nitrogens with zero attached hydrogens (tertiary/aromatic N) is 3. The van der Waals surface area contributed by atoms with Crippen LogP contribution in [0.3, 0.4) is 0 Å². The first kappa shape index (κ1) is 15.3. The Morgan fingerprint density at radius 3 is 2.57 bits per heavy atom. The monoisotopic (exact) mass is 291 g/mol. The highest BCUT2D eigenvalue weighted by molar-refractivity contribution is 5.97. The van der Waals surface area contributed by atoms with Gasteiger partial charge in [-0.1, -0.05) is 0 Å². The van der Waals surface area contributed by atoms with Gasteiger partial charge in [0.15, 0.2) is 0 Å². The summed E-state index contributed by atoms with van der Waals surface area (Å²) in [5, 5.41) is 9.46. The molecule has 0 saturated carbocycles. The van der Waals surface area contributed by atoms with Crippen LogP contribution in [0.2, 0.25) is 0 Å². The van der Waals surface area contributed by atoms with Gasteiger partial charge in [0.25, 0.3) is 5.91 Å². The zero-order chi connectivity index (χ0) is 15.6. The molecule has 1 aliphatic rings. The molecular weight excluding hydrogens is 270 g/mol. The third-order valence-corrected chi connectivity index (χ3v) is 4.05. The first-order chi connectivity index (χ1) is 9.86. The molecular formula is C15H21N3O3. The van der Waals surface area contributed by atoms with Gasteiger partial charge in [-0.3, -0.25) is 4.79 Å². The number of aliphatic carboxylic acids is 1. The van der Waals surface area contributed by atoms with E-state index in [4.69, 9.17) is 0 Å². The van der Waals surface area contributed by atoms with Gasteiger partial charge in [0.1, 0.15) is 11.4 Å². The summed E-state index contributed by atoms with van der Waals surface area (Å²) in [5.41, 5.74) is -0.704. The van der Waals surface area contributed by atoms with Crippen LogP contribution in [-0.4, -0.2) is 53.0 Å². The third kappa shape index (κ3) is 2.84. The molecule has 2 rings (SSSR count). The third-order valence-electron chi connectivity index (χ3n) is 4.05. The van der Waals surface area contributed by atoms with E-state index >= 15 is 0 Å². The normalized spacial score (nSPS) is 22.0. The lowest BCUT2D eigenvalue weighted by atomic mass is 9.88. The van der Waals surface area contributed by atoms with Gasteiger partial charge >= 0.3 is 5.97 Å². The highest BCUT2D eigenvalue weighted by Gasteiger charge is 2.44. The second-order valence-corrected chi connectivity index (χ2v) is 5.79. The first-order valence-corrected chi connectivity index (χ1v) is 7.05. The van der Waals surface area contributed by atoms with Crippen LogP contribution in [0.1, 0.15) is 36.5 Å². The molecule has 1 aliphatic heterocycles. The lowest BCUT2D eigenvalue weighted by Crippen LogP contribution is -2.57. The predicted molar refractivity (Wildman–Crippen MR) is 79.5 cm³/mol. The minimum Gasteiger partial charge on any atom is -0.480 e. The molecule has 1 N–H and O–H groups in total. The van der Waals surface area contributed by atoms with E-state index in [9.17, 15) is 14.7 Å². The van der Waals surface area contributed by atoms with E-state index in [0.717, 1.165) is 18.7 Å². The maximum Gasteiger partial charge on any atom is 0.329 e. The van der Waals surface area contributed by atoms with E-state index in [1.165, 1.54) is 11.1 Å². The number of likely N-dealkylation sites (tertiary alicyclic amines) is 1. The van der Waals surface area contributed by atoms with Crippen LogP contribution in [0.15, 0.2) is 18.3 Å². The van der Waals surface area contributed by atoms with Gasteiger partial charge in [-0.2, -0.15) is 0 Å². The van der Waals surface area contributed by atoms with Crippen LogP contribution in [0.5, 0.6) is 0 Å². The summed E-state index contributed by atoms with van der Waals surface area (Å²) in [7, 11) is 3.74. The van der Waals surface area contributed by atoms with Gasteiger partial charge in [-0.15, -0.1) is 0 Å². The van der Waals surface area contributed by atoms with Crippen LogP contribution in [0.25, 0.3) is 0 Å². The maximum absolute atomic E-state index is 12.6. The Kier molecular flexibility index (Phi) is 4.16. The molecule has 1 fully saturated rings. The molecule has 0 radical (unpaired) electrons. The number of anilines is 1. The van der Waals surface area contributed by atoms with E-state index in [1.807, 2.05) is 19.0 Å². The summed E-state index contributed by atoms with van der Waals surface area (Å²) in [4.78, 5) is 31.7. The highest BCUT2D eigenvalue weighted by atomic mass is 16.4. The minimum atomic E-state index is -1.13. The zero-order valence-corrected chi connectivity index (χ0v) is 12.7. The van der Waals surface area contributed by atoms with Crippen molar-refractivity contribution in [2.75, 3.05) is 25.5 Å². The molecule has 21 heavy (non-hydrogen) atoms. The van der Waals surface area contributed by atoms with Crippen molar-refractivity contribution < 1.29 is 14.7 Å². The Morgan fingerprint density at radius 2 is 2.05 bits per heavy atom. The van der Waals surface area contributed by atoms with Crippen LogP contribution >= 0.6 is 0 Å². The van der Waals surface area contributed by atoms with E-state index in [1.54, 1.807) is 19.1 Å². The van der Waals surface area contributed by atoms with Crippen molar-refractivity contribution >= 4 is 17.7 Å². The molecule has 1 amide bonds. The zero-order valence-electron chi connectivity index (χ0n) is 12.7. The summed E-state index contributed by atoms with van der Waals surface area (Å²) in [6.07, 6.45) is 3.65. The lowest BCUT2D eigenvalue weighted by molar-refractivity contribution is -0.150. The fourth-order valence-electron chi connectivity index (χ4n) is 2.60. The standard InChI is InChI=1S/C15H21N3O3/c1-15(14(20)21)8-4-5-9-18(15)13(19)11-6-7-12(16-10-11)17(2)3/h6-7,10H,4-5,8-9H2,1-3H3,(H,20,21). The van der Waals surface area contributed by atoms with Crippen molar-refractivity contribution in [1.29, 1.82) is 0 Å². The molecule has 6 nitrogen and oxygen atoms in total. The summed E-state index contributed by atoms with van der Waals surface area (Å²) < 4.78 is 0. The van der Waals surface area contributed by atoms with Gasteiger partial charge < -0.3 is 14.9 Å². The van der Waals surface area contributed by atoms with E-state index in [2.05, 4.69) is 4.98 Å². The number of piperidine rings is 1. The largest absolute Gasteiger partial charge is 0.480 e. The van der Waals surface area contributed by atoms with Crippen molar-refractivity contribution in [3.8, 4) is 0 Å². The van der Waals surface area contributed by atoms with Crippen LogP contribution in [0, 0.1) is 0 Å². The predicted octanol–water partition coefficient (Wildman–Crippen LogP) is 1.62. The van der Waals surface area contributed by atoms with Crippen LogP contribution in [-0.2, 0) is 4.79 Å².